The maximum atomic E-state index is 12.8. The summed E-state index contributed by atoms with van der Waals surface area (Å²) >= 11 is 4.61. The van der Waals surface area contributed by atoms with Crippen molar-refractivity contribution in [3.05, 3.63) is 34.3 Å². The Morgan fingerprint density at radius 3 is 2.33 bits per heavy atom. The van der Waals surface area contributed by atoms with Gasteiger partial charge in [-0.1, -0.05) is 28.1 Å². The molecule has 0 aliphatic rings. The van der Waals surface area contributed by atoms with Gasteiger partial charge >= 0.3 is 7.60 Å². The monoisotopic (exact) mass is 427 g/mol. The van der Waals surface area contributed by atoms with Gasteiger partial charge in [0.1, 0.15) is 17.2 Å². The summed E-state index contributed by atoms with van der Waals surface area (Å²) in [6.45, 7) is 0. The van der Waals surface area contributed by atoms with Gasteiger partial charge in [0.05, 0.1) is 11.3 Å². The Hall–Kier alpha value is -1.36. The molecular weight excluding hydrogens is 413 g/mol. The molecule has 1 aromatic carbocycles. The zero-order valence-electron chi connectivity index (χ0n) is 13.2. The van der Waals surface area contributed by atoms with E-state index in [4.69, 9.17) is 14.8 Å². The highest BCUT2D eigenvalue weighted by Crippen LogP contribution is 2.50. The van der Waals surface area contributed by atoms with E-state index in [2.05, 4.69) is 27.0 Å². The van der Waals surface area contributed by atoms with Gasteiger partial charge in [0.15, 0.2) is 0 Å². The van der Waals surface area contributed by atoms with Crippen LogP contribution in [0.3, 0.4) is 0 Å². The van der Waals surface area contributed by atoms with Crippen LogP contribution in [0.4, 0.5) is 5.82 Å². The highest BCUT2D eigenvalue weighted by atomic mass is 79.9. The van der Waals surface area contributed by atoms with Crippen LogP contribution in [0, 0.1) is 11.3 Å². The fraction of sp³-hybridized carbons (Fsp3) is 0.200. The first kappa shape index (κ1) is 19.0. The molecule has 0 amide bonds. The van der Waals surface area contributed by atoms with Crippen LogP contribution in [-0.4, -0.2) is 25.5 Å². The number of thioether (sulfide) groups is 1. The van der Waals surface area contributed by atoms with E-state index in [1.807, 2.05) is 24.3 Å². The minimum absolute atomic E-state index is 0.0169. The number of hydrogen-bond acceptors (Lipinski definition) is 7. The van der Waals surface area contributed by atoms with Crippen LogP contribution in [-0.2, 0) is 13.6 Å². The number of halogens is 1. The van der Waals surface area contributed by atoms with Gasteiger partial charge in [-0.05, 0) is 18.4 Å². The molecule has 0 saturated carbocycles. The van der Waals surface area contributed by atoms with Crippen LogP contribution in [0.1, 0.15) is 5.56 Å². The summed E-state index contributed by atoms with van der Waals surface area (Å²) in [5, 5.41) is 9.77. The summed E-state index contributed by atoms with van der Waals surface area (Å²) in [6.07, 6.45) is 1.76. The van der Waals surface area contributed by atoms with Crippen molar-refractivity contribution in [2.24, 2.45) is 0 Å². The molecule has 0 bridgehead atoms. The van der Waals surface area contributed by atoms with Crippen LogP contribution in [0.25, 0.3) is 11.3 Å². The minimum Gasteiger partial charge on any atom is -0.383 e. The Balaban J connectivity index is 2.83. The van der Waals surface area contributed by atoms with E-state index < -0.39 is 7.60 Å². The van der Waals surface area contributed by atoms with Crippen LogP contribution < -0.4 is 11.0 Å². The minimum atomic E-state index is -3.65. The van der Waals surface area contributed by atoms with Crippen molar-refractivity contribution in [2.75, 3.05) is 26.2 Å². The van der Waals surface area contributed by atoms with Crippen LogP contribution in [0.5, 0.6) is 0 Å². The molecular formula is C15H15BrN3O3PS. The summed E-state index contributed by atoms with van der Waals surface area (Å²) in [6, 6.07) is 9.46. The van der Waals surface area contributed by atoms with Crippen molar-refractivity contribution < 1.29 is 13.6 Å². The van der Waals surface area contributed by atoms with Gasteiger partial charge in [0.2, 0.25) is 0 Å². The van der Waals surface area contributed by atoms with Crippen LogP contribution >= 0.6 is 35.3 Å². The summed E-state index contributed by atoms with van der Waals surface area (Å²) < 4.78 is 23.8. The topological polar surface area (TPSA) is 98.2 Å². The quantitative estimate of drug-likeness (QED) is 0.572. The van der Waals surface area contributed by atoms with E-state index in [1.54, 1.807) is 6.26 Å². The van der Waals surface area contributed by atoms with E-state index in [0.29, 0.717) is 10.6 Å². The number of hydrogen-bond donors (Lipinski definition) is 1. The number of nitriles is 1. The summed E-state index contributed by atoms with van der Waals surface area (Å²) in [5.41, 5.74) is 7.49. The SMILES string of the molecule is COP(=O)(OC)c1c(N)nc(-c2ccc(Br)cc2)c(C#N)c1SC. The van der Waals surface area contributed by atoms with Crippen molar-refractivity contribution in [1.29, 1.82) is 5.26 Å². The summed E-state index contributed by atoms with van der Waals surface area (Å²) in [5.74, 6) is 0.0169. The van der Waals surface area contributed by atoms with Crippen molar-refractivity contribution in [3.8, 4) is 17.3 Å². The molecule has 0 atom stereocenters. The number of nitrogens with two attached hydrogens (primary N) is 1. The molecule has 0 aliphatic heterocycles. The van der Waals surface area contributed by atoms with Gasteiger partial charge in [-0.2, -0.15) is 5.26 Å². The lowest BCUT2D eigenvalue weighted by atomic mass is 10.1. The predicted molar refractivity (Wildman–Crippen MR) is 99.5 cm³/mol. The number of aromatic nitrogens is 1. The number of benzene rings is 1. The molecule has 0 radical (unpaired) electrons. The molecule has 2 rings (SSSR count). The molecule has 9 heteroatoms. The average molecular weight is 428 g/mol. The fourth-order valence-corrected chi connectivity index (χ4v) is 4.94. The number of nitrogen functional groups attached to an aromatic ring is 1. The lowest BCUT2D eigenvalue weighted by Gasteiger charge is -2.20. The molecule has 24 heavy (non-hydrogen) atoms. The van der Waals surface area contributed by atoms with Crippen molar-refractivity contribution >= 4 is 46.4 Å². The van der Waals surface area contributed by atoms with E-state index in [1.165, 1.54) is 26.0 Å². The number of anilines is 1. The molecule has 0 aliphatic carbocycles. The summed E-state index contributed by atoms with van der Waals surface area (Å²) in [7, 11) is -1.12. The third kappa shape index (κ3) is 3.37. The number of rotatable bonds is 5. The Bertz CT molecular complexity index is 845. The Labute approximate surface area is 153 Å². The third-order valence-electron chi connectivity index (χ3n) is 3.34. The largest absolute Gasteiger partial charge is 0.383 e. The lowest BCUT2D eigenvalue weighted by molar-refractivity contribution is 0.287. The molecule has 2 N–H and O–H groups in total. The van der Waals surface area contributed by atoms with Gasteiger partial charge in [0, 0.05) is 29.2 Å². The van der Waals surface area contributed by atoms with Gasteiger partial charge in [0.25, 0.3) is 0 Å². The van der Waals surface area contributed by atoms with Gasteiger partial charge < -0.3 is 14.8 Å². The first-order valence-corrected chi connectivity index (χ1v) is 10.2. The zero-order chi connectivity index (χ0) is 17.9. The normalized spacial score (nSPS) is 11.3. The zero-order valence-corrected chi connectivity index (χ0v) is 16.5. The van der Waals surface area contributed by atoms with E-state index in [0.717, 1.165) is 10.0 Å². The molecule has 0 unspecified atom stereocenters. The molecule has 0 saturated heterocycles. The Morgan fingerprint density at radius 1 is 1.29 bits per heavy atom. The maximum absolute atomic E-state index is 12.8. The van der Waals surface area contributed by atoms with Crippen molar-refractivity contribution in [2.45, 2.75) is 4.90 Å². The van der Waals surface area contributed by atoms with Crippen molar-refractivity contribution in [3.63, 3.8) is 0 Å². The highest BCUT2D eigenvalue weighted by molar-refractivity contribution is 9.10. The molecule has 1 aromatic heterocycles. The predicted octanol–water partition coefficient (Wildman–Crippen LogP) is 3.80. The second-order valence-electron chi connectivity index (χ2n) is 4.58. The van der Waals surface area contributed by atoms with E-state index >= 15 is 0 Å². The molecule has 2 aromatic rings. The Morgan fingerprint density at radius 2 is 1.88 bits per heavy atom. The van der Waals surface area contributed by atoms with Gasteiger partial charge in [-0.15, -0.1) is 11.8 Å². The maximum Gasteiger partial charge on any atom is 0.365 e. The first-order valence-electron chi connectivity index (χ1n) is 6.67. The molecule has 6 nitrogen and oxygen atoms in total. The van der Waals surface area contributed by atoms with Crippen molar-refractivity contribution in [1.82, 2.24) is 4.98 Å². The summed E-state index contributed by atoms with van der Waals surface area (Å²) in [4.78, 5) is 4.75. The molecule has 0 fully saturated rings. The van der Waals surface area contributed by atoms with Gasteiger partial charge in [-0.3, -0.25) is 4.57 Å². The van der Waals surface area contributed by atoms with Gasteiger partial charge in [-0.25, -0.2) is 4.98 Å². The number of nitrogens with zero attached hydrogens (tertiary/aromatic N) is 2. The molecule has 0 spiro atoms. The third-order valence-corrected chi connectivity index (χ3v) is 6.80. The second kappa shape index (κ2) is 7.68. The van der Waals surface area contributed by atoms with E-state index in [9.17, 15) is 9.83 Å². The Kier molecular flexibility index (Phi) is 6.07. The standard InChI is InChI=1S/C15H15BrN3O3PS/c1-21-23(20,22-2)13-14(24-3)11(8-17)12(19-15(13)18)9-4-6-10(16)7-5-9/h4-7H,1-3H3,(H2,18,19). The molecule has 126 valence electrons. The smallest absolute Gasteiger partial charge is 0.365 e. The fourth-order valence-electron chi connectivity index (χ4n) is 2.21. The number of pyridine rings is 1. The first-order chi connectivity index (χ1) is 11.4. The average Bonchev–Trinajstić information content (AvgIpc) is 2.60. The highest BCUT2D eigenvalue weighted by Gasteiger charge is 2.34. The molecule has 1 heterocycles. The van der Waals surface area contributed by atoms with Crippen LogP contribution in [0.15, 0.2) is 33.6 Å². The lowest BCUT2D eigenvalue weighted by Crippen LogP contribution is -2.20. The van der Waals surface area contributed by atoms with Crippen LogP contribution in [0.2, 0.25) is 0 Å². The second-order valence-corrected chi connectivity index (χ2v) is 8.49. The van der Waals surface area contributed by atoms with E-state index in [-0.39, 0.29) is 16.7 Å².